The summed E-state index contributed by atoms with van der Waals surface area (Å²) in [6.45, 7) is 0.550. The third kappa shape index (κ3) is 3.21. The highest BCUT2D eigenvalue weighted by Crippen LogP contribution is 2.23. The minimum Gasteiger partial charge on any atom is -0.352 e. The van der Waals surface area contributed by atoms with Crippen LogP contribution in [0.2, 0.25) is 0 Å². The van der Waals surface area contributed by atoms with Crippen molar-refractivity contribution in [3.63, 3.8) is 0 Å². The molecular formula is C12H14N4O3. The van der Waals surface area contributed by atoms with Crippen molar-refractivity contribution in [3.05, 3.63) is 29.3 Å². The van der Waals surface area contributed by atoms with E-state index < -0.39 is 6.03 Å². The number of primary amides is 1. The number of benzene rings is 1. The summed E-state index contributed by atoms with van der Waals surface area (Å²) in [4.78, 5) is 33.4. The van der Waals surface area contributed by atoms with Crippen LogP contribution in [0.3, 0.4) is 0 Å². The highest BCUT2D eigenvalue weighted by Gasteiger charge is 2.18. The maximum Gasteiger partial charge on any atom is 0.312 e. The average molecular weight is 262 g/mol. The quantitative estimate of drug-likeness (QED) is 0.552. The van der Waals surface area contributed by atoms with Gasteiger partial charge in [-0.05, 0) is 17.7 Å². The zero-order valence-corrected chi connectivity index (χ0v) is 10.2. The summed E-state index contributed by atoms with van der Waals surface area (Å²) in [7, 11) is 0. The molecule has 1 aromatic rings. The number of anilines is 1. The Morgan fingerprint density at radius 1 is 1.26 bits per heavy atom. The van der Waals surface area contributed by atoms with Gasteiger partial charge in [0.1, 0.15) is 0 Å². The number of nitrogens with two attached hydrogens (primary N) is 1. The summed E-state index contributed by atoms with van der Waals surface area (Å²) in [5.74, 6) is -0.339. The lowest BCUT2D eigenvalue weighted by atomic mass is 10.1. The van der Waals surface area contributed by atoms with Crippen LogP contribution in [0.15, 0.2) is 18.2 Å². The Labute approximate surface area is 109 Å². The van der Waals surface area contributed by atoms with Crippen LogP contribution in [0.5, 0.6) is 0 Å². The molecule has 7 heteroatoms. The van der Waals surface area contributed by atoms with E-state index in [2.05, 4.69) is 16.0 Å². The lowest BCUT2D eigenvalue weighted by molar-refractivity contribution is -0.115. The first-order valence-electron chi connectivity index (χ1n) is 5.80. The molecule has 100 valence electrons. The van der Waals surface area contributed by atoms with Crippen LogP contribution in [0.25, 0.3) is 0 Å². The van der Waals surface area contributed by atoms with Crippen molar-refractivity contribution < 1.29 is 14.4 Å². The van der Waals surface area contributed by atoms with E-state index >= 15 is 0 Å². The SMILES string of the molecule is NC(=O)NCCNC(=O)c1ccc2c(c1)NC(=O)C2. The molecule has 0 aromatic heterocycles. The summed E-state index contributed by atoms with van der Waals surface area (Å²) in [5.41, 5.74) is 6.91. The molecule has 4 amide bonds. The number of carbonyl (C=O) groups is 3. The topological polar surface area (TPSA) is 113 Å². The molecule has 0 spiro atoms. The maximum atomic E-state index is 11.8. The number of rotatable bonds is 4. The fraction of sp³-hybridized carbons (Fsp3) is 0.250. The molecule has 1 aromatic carbocycles. The predicted octanol–water partition coefficient (Wildman–Crippen LogP) is -0.421. The first kappa shape index (κ1) is 12.9. The van der Waals surface area contributed by atoms with Crippen LogP contribution in [0.1, 0.15) is 15.9 Å². The van der Waals surface area contributed by atoms with Gasteiger partial charge >= 0.3 is 6.03 Å². The zero-order chi connectivity index (χ0) is 13.8. The third-order valence-electron chi connectivity index (χ3n) is 2.71. The highest BCUT2D eigenvalue weighted by molar-refractivity contribution is 6.02. The van der Waals surface area contributed by atoms with Gasteiger partial charge in [-0.2, -0.15) is 0 Å². The Bertz CT molecular complexity index is 542. The van der Waals surface area contributed by atoms with Crippen molar-refractivity contribution in [2.24, 2.45) is 5.73 Å². The molecule has 0 atom stereocenters. The summed E-state index contributed by atoms with van der Waals surface area (Å²) in [6.07, 6.45) is 0.347. The van der Waals surface area contributed by atoms with E-state index in [-0.39, 0.29) is 24.9 Å². The van der Waals surface area contributed by atoms with Crippen LogP contribution >= 0.6 is 0 Å². The molecule has 5 N–H and O–H groups in total. The minimum atomic E-state index is -0.630. The maximum absolute atomic E-state index is 11.8. The summed E-state index contributed by atoms with van der Waals surface area (Å²) in [6, 6.07) is 4.42. The van der Waals surface area contributed by atoms with Crippen LogP contribution < -0.4 is 21.7 Å². The highest BCUT2D eigenvalue weighted by atomic mass is 16.2. The first-order chi connectivity index (χ1) is 9.06. The molecule has 0 radical (unpaired) electrons. The summed E-state index contributed by atoms with van der Waals surface area (Å²) < 4.78 is 0. The van der Waals surface area contributed by atoms with Gasteiger partial charge in [0.15, 0.2) is 0 Å². The van der Waals surface area contributed by atoms with E-state index in [9.17, 15) is 14.4 Å². The van der Waals surface area contributed by atoms with E-state index in [4.69, 9.17) is 5.73 Å². The molecule has 1 heterocycles. The van der Waals surface area contributed by atoms with Gasteiger partial charge in [0.05, 0.1) is 6.42 Å². The number of carbonyl (C=O) groups excluding carboxylic acids is 3. The molecule has 1 aliphatic rings. The fourth-order valence-corrected chi connectivity index (χ4v) is 1.82. The molecule has 0 saturated carbocycles. The van der Waals surface area contributed by atoms with Crippen molar-refractivity contribution in [1.29, 1.82) is 0 Å². The molecule has 0 fully saturated rings. The second-order valence-electron chi connectivity index (χ2n) is 4.14. The molecule has 0 unspecified atom stereocenters. The van der Waals surface area contributed by atoms with Crippen molar-refractivity contribution in [2.75, 3.05) is 18.4 Å². The number of hydrogen-bond donors (Lipinski definition) is 4. The van der Waals surface area contributed by atoms with E-state index in [0.29, 0.717) is 17.7 Å². The molecule has 1 aliphatic heterocycles. The molecule has 0 saturated heterocycles. The molecule has 7 nitrogen and oxygen atoms in total. The minimum absolute atomic E-state index is 0.0711. The van der Waals surface area contributed by atoms with Gasteiger partial charge in [-0.25, -0.2) is 4.79 Å². The van der Waals surface area contributed by atoms with Gasteiger partial charge in [-0.3, -0.25) is 9.59 Å². The normalized spacial score (nSPS) is 12.5. The zero-order valence-electron chi connectivity index (χ0n) is 10.2. The summed E-state index contributed by atoms with van der Waals surface area (Å²) >= 11 is 0. The predicted molar refractivity (Wildman–Crippen MR) is 68.7 cm³/mol. The number of nitrogens with one attached hydrogen (secondary N) is 3. The van der Waals surface area contributed by atoms with E-state index in [0.717, 1.165) is 5.56 Å². The average Bonchev–Trinajstić information content (AvgIpc) is 2.73. The van der Waals surface area contributed by atoms with Gasteiger partial charge in [0.25, 0.3) is 5.91 Å². The fourth-order valence-electron chi connectivity index (χ4n) is 1.82. The Morgan fingerprint density at radius 2 is 2.00 bits per heavy atom. The Balaban J connectivity index is 1.91. The number of fused-ring (bicyclic) bond motifs is 1. The van der Waals surface area contributed by atoms with Crippen LogP contribution in [-0.2, 0) is 11.2 Å². The monoisotopic (exact) mass is 262 g/mol. The molecule has 2 rings (SSSR count). The standard InChI is InChI=1S/C12H14N4O3/c13-12(19)15-4-3-14-11(18)8-2-1-7-6-10(17)16-9(7)5-8/h1-2,5H,3-4,6H2,(H,14,18)(H,16,17)(H3,13,15,19). The summed E-state index contributed by atoms with van der Waals surface area (Å²) in [5, 5.41) is 7.68. The van der Waals surface area contributed by atoms with Crippen molar-refractivity contribution in [1.82, 2.24) is 10.6 Å². The van der Waals surface area contributed by atoms with Crippen LogP contribution in [0.4, 0.5) is 10.5 Å². The van der Waals surface area contributed by atoms with E-state index in [1.54, 1.807) is 18.2 Å². The van der Waals surface area contributed by atoms with Gasteiger partial charge in [0, 0.05) is 24.3 Å². The molecule has 19 heavy (non-hydrogen) atoms. The van der Waals surface area contributed by atoms with Gasteiger partial charge in [-0.15, -0.1) is 0 Å². The smallest absolute Gasteiger partial charge is 0.312 e. The first-order valence-corrected chi connectivity index (χ1v) is 5.80. The van der Waals surface area contributed by atoms with E-state index in [1.807, 2.05) is 0 Å². The van der Waals surface area contributed by atoms with Gasteiger partial charge in [0.2, 0.25) is 5.91 Å². The van der Waals surface area contributed by atoms with Crippen molar-refractivity contribution in [2.45, 2.75) is 6.42 Å². The second-order valence-corrected chi connectivity index (χ2v) is 4.14. The Morgan fingerprint density at radius 3 is 2.74 bits per heavy atom. The second kappa shape index (κ2) is 5.38. The Hall–Kier alpha value is -2.57. The lowest BCUT2D eigenvalue weighted by Gasteiger charge is -2.07. The molecule has 0 bridgehead atoms. The van der Waals surface area contributed by atoms with Crippen molar-refractivity contribution in [3.8, 4) is 0 Å². The van der Waals surface area contributed by atoms with Gasteiger partial charge < -0.3 is 21.7 Å². The third-order valence-corrected chi connectivity index (χ3v) is 2.71. The lowest BCUT2D eigenvalue weighted by Crippen LogP contribution is -2.37. The Kier molecular flexibility index (Phi) is 3.65. The van der Waals surface area contributed by atoms with Crippen LogP contribution in [-0.4, -0.2) is 30.9 Å². The number of hydrogen-bond acceptors (Lipinski definition) is 3. The van der Waals surface area contributed by atoms with Crippen LogP contribution in [0, 0.1) is 0 Å². The van der Waals surface area contributed by atoms with E-state index in [1.165, 1.54) is 0 Å². The van der Waals surface area contributed by atoms with Gasteiger partial charge in [-0.1, -0.05) is 6.07 Å². The number of urea groups is 1. The molecule has 0 aliphatic carbocycles. The number of amides is 4. The molecular weight excluding hydrogens is 248 g/mol. The van der Waals surface area contributed by atoms with Crippen molar-refractivity contribution >= 4 is 23.5 Å². The largest absolute Gasteiger partial charge is 0.352 e.